The maximum atomic E-state index is 9.05. The highest BCUT2D eigenvalue weighted by molar-refractivity contribution is 5.70. The van der Waals surface area contributed by atoms with Crippen LogP contribution in [0.15, 0.2) is 24.3 Å². The van der Waals surface area contributed by atoms with Crippen LogP contribution in [0.1, 0.15) is 11.1 Å². The predicted octanol–water partition coefficient (Wildman–Crippen LogP) is 1.63. The molecule has 0 aliphatic rings. The van der Waals surface area contributed by atoms with Crippen molar-refractivity contribution < 1.29 is 0 Å². The molecule has 4 nitrogen and oxygen atoms in total. The summed E-state index contributed by atoms with van der Waals surface area (Å²) in [7, 11) is 1.75. The van der Waals surface area contributed by atoms with Crippen molar-refractivity contribution >= 4 is 0 Å². The molecule has 0 N–H and O–H groups in total. The van der Waals surface area contributed by atoms with Gasteiger partial charge in [-0.25, -0.2) is 0 Å². The smallest absolute Gasteiger partial charge is 0.101 e. The minimum absolute atomic E-state index is 0.358. The first kappa shape index (κ1) is 9.95. The highest BCUT2D eigenvalue weighted by atomic mass is 15.2. The quantitative estimate of drug-likeness (QED) is 0.713. The predicted molar refractivity (Wildman–Crippen MR) is 56.9 cm³/mol. The van der Waals surface area contributed by atoms with Gasteiger partial charge in [-0.1, -0.05) is 12.1 Å². The first-order valence-corrected chi connectivity index (χ1v) is 4.61. The Hall–Kier alpha value is -2.59. The number of benzene rings is 1. The van der Waals surface area contributed by atoms with Crippen molar-refractivity contribution in [2.45, 2.75) is 0 Å². The number of hydrogen-bond donors (Lipinski definition) is 0. The van der Waals surface area contributed by atoms with Gasteiger partial charge >= 0.3 is 0 Å². The normalized spacial score (nSPS) is 9.44. The summed E-state index contributed by atoms with van der Waals surface area (Å²) in [6, 6.07) is 10.9. The van der Waals surface area contributed by atoms with E-state index in [1.54, 1.807) is 31.3 Å². The van der Waals surface area contributed by atoms with Gasteiger partial charge in [0.2, 0.25) is 0 Å². The maximum absolute atomic E-state index is 9.05. The van der Waals surface area contributed by atoms with Crippen LogP contribution in [-0.4, -0.2) is 9.78 Å². The summed E-state index contributed by atoms with van der Waals surface area (Å²) in [6.07, 6.45) is 2.87. The lowest BCUT2D eigenvalue weighted by molar-refractivity contribution is 0.764. The van der Waals surface area contributed by atoms with Gasteiger partial charge in [-0.2, -0.15) is 15.6 Å². The molecule has 0 atom stereocenters. The summed E-state index contributed by atoms with van der Waals surface area (Å²) in [6.45, 7) is 0. The molecule has 0 saturated heterocycles. The summed E-state index contributed by atoms with van der Waals surface area (Å²) in [5.74, 6) is 0. The van der Waals surface area contributed by atoms with Crippen LogP contribution in [0.3, 0.4) is 0 Å². The molecule has 0 amide bonds. The average molecular weight is 207 g/mol. The van der Waals surface area contributed by atoms with Gasteiger partial charge in [-0.15, -0.1) is 0 Å². The van der Waals surface area contributed by atoms with E-state index in [1.165, 1.54) is 4.68 Å². The number of nitrogens with zero attached hydrogens (tertiary/aromatic N) is 4. The molecule has 0 spiro atoms. The van der Waals surface area contributed by atoms with E-state index in [4.69, 9.17) is 10.5 Å². The van der Waals surface area contributed by atoms with E-state index in [2.05, 4.69) is 11.3 Å². The Bertz CT molecular complexity index is 611. The number of nitriles is 2. The third-order valence-electron chi connectivity index (χ3n) is 2.22. The molecule has 0 unspecified atom stereocenters. The third kappa shape index (κ3) is 1.53. The molecule has 1 radical (unpaired) electrons. The fraction of sp³-hybridized carbons (Fsp3) is 0.0833. The lowest BCUT2D eigenvalue weighted by atomic mass is 10.0. The monoisotopic (exact) mass is 207 g/mol. The van der Waals surface area contributed by atoms with Gasteiger partial charge in [-0.3, -0.25) is 4.68 Å². The summed E-state index contributed by atoms with van der Waals surface area (Å²) in [5, 5.41) is 22.1. The molecule has 1 heterocycles. The van der Waals surface area contributed by atoms with Crippen LogP contribution < -0.4 is 0 Å². The molecule has 75 valence electrons. The second-order valence-electron chi connectivity index (χ2n) is 3.23. The molecule has 0 aliphatic heterocycles. The molecule has 0 aliphatic carbocycles. The number of rotatable bonds is 1. The number of hydrogen-bond acceptors (Lipinski definition) is 3. The Morgan fingerprint density at radius 2 is 2.12 bits per heavy atom. The topological polar surface area (TPSA) is 65.4 Å². The molecule has 2 rings (SSSR count). The Kier molecular flexibility index (Phi) is 2.41. The average Bonchev–Trinajstić information content (AvgIpc) is 2.74. The Balaban J connectivity index is 2.67. The van der Waals surface area contributed by atoms with Gasteiger partial charge in [0.1, 0.15) is 12.1 Å². The van der Waals surface area contributed by atoms with Gasteiger partial charge in [-0.05, 0) is 12.1 Å². The molecule has 1 aromatic carbocycles. The van der Waals surface area contributed by atoms with Crippen molar-refractivity contribution in [2.24, 2.45) is 7.05 Å². The fourth-order valence-electron chi connectivity index (χ4n) is 1.48. The molecule has 2 aromatic rings. The summed E-state index contributed by atoms with van der Waals surface area (Å²) in [4.78, 5) is 0. The van der Waals surface area contributed by atoms with Gasteiger partial charge in [0.15, 0.2) is 0 Å². The Labute approximate surface area is 93.0 Å². The van der Waals surface area contributed by atoms with E-state index in [0.717, 1.165) is 0 Å². The molecule has 0 saturated carbocycles. The summed E-state index contributed by atoms with van der Waals surface area (Å²) < 4.78 is 1.54. The van der Waals surface area contributed by atoms with Crippen molar-refractivity contribution in [2.75, 3.05) is 0 Å². The van der Waals surface area contributed by atoms with Gasteiger partial charge in [0.05, 0.1) is 23.0 Å². The third-order valence-corrected chi connectivity index (χ3v) is 2.22. The van der Waals surface area contributed by atoms with E-state index in [0.29, 0.717) is 22.4 Å². The Morgan fingerprint density at radius 3 is 2.69 bits per heavy atom. The van der Waals surface area contributed by atoms with Crippen LogP contribution in [0.25, 0.3) is 11.3 Å². The highest BCUT2D eigenvalue weighted by Crippen LogP contribution is 2.23. The van der Waals surface area contributed by atoms with Crippen LogP contribution in [-0.2, 0) is 7.05 Å². The van der Waals surface area contributed by atoms with Gasteiger partial charge < -0.3 is 0 Å². The molecular weight excluding hydrogens is 200 g/mol. The van der Waals surface area contributed by atoms with E-state index < -0.39 is 0 Å². The van der Waals surface area contributed by atoms with Crippen molar-refractivity contribution in [1.82, 2.24) is 9.78 Å². The molecule has 16 heavy (non-hydrogen) atoms. The van der Waals surface area contributed by atoms with Crippen LogP contribution in [0.4, 0.5) is 0 Å². The van der Waals surface area contributed by atoms with Crippen molar-refractivity contribution in [3.8, 4) is 23.4 Å². The second kappa shape index (κ2) is 3.88. The lowest BCUT2D eigenvalue weighted by Gasteiger charge is -2.01. The summed E-state index contributed by atoms with van der Waals surface area (Å²) >= 11 is 0. The van der Waals surface area contributed by atoms with Crippen molar-refractivity contribution in [3.63, 3.8) is 0 Å². The van der Waals surface area contributed by atoms with Gasteiger partial charge in [0, 0.05) is 12.6 Å². The zero-order valence-electron chi connectivity index (χ0n) is 8.60. The van der Waals surface area contributed by atoms with Crippen LogP contribution in [0.5, 0.6) is 0 Å². The van der Waals surface area contributed by atoms with Crippen molar-refractivity contribution in [3.05, 3.63) is 41.6 Å². The highest BCUT2D eigenvalue weighted by Gasteiger charge is 2.11. The fourth-order valence-corrected chi connectivity index (χ4v) is 1.48. The van der Waals surface area contributed by atoms with E-state index >= 15 is 0 Å². The lowest BCUT2D eigenvalue weighted by Crippen LogP contribution is -1.92. The van der Waals surface area contributed by atoms with Crippen LogP contribution in [0.2, 0.25) is 0 Å². The largest absolute Gasteiger partial charge is 0.266 e. The summed E-state index contributed by atoms with van der Waals surface area (Å²) in [5.41, 5.74) is 2.04. The minimum Gasteiger partial charge on any atom is -0.266 e. The van der Waals surface area contributed by atoms with E-state index in [9.17, 15) is 0 Å². The molecule has 0 bridgehead atoms. The Morgan fingerprint density at radius 1 is 1.31 bits per heavy atom. The van der Waals surface area contributed by atoms with Crippen LogP contribution >= 0.6 is 0 Å². The first-order chi connectivity index (χ1) is 7.76. The standard InChI is InChI=1S/C12H7N4/c1-16-6-5-12(15-16)10-4-2-3-9(7-13)11(10)8-14/h2-5H,1H3. The van der Waals surface area contributed by atoms with E-state index in [-0.39, 0.29) is 0 Å². The zero-order chi connectivity index (χ0) is 11.5. The number of aromatic nitrogens is 2. The molecule has 4 heteroatoms. The SMILES string of the molecule is Cn1[c]cc(-c2cccc(C#N)c2C#N)n1. The molecule has 0 fully saturated rings. The zero-order valence-corrected chi connectivity index (χ0v) is 8.60. The van der Waals surface area contributed by atoms with Gasteiger partial charge in [0.25, 0.3) is 0 Å². The van der Waals surface area contributed by atoms with E-state index in [1.807, 2.05) is 12.1 Å². The van der Waals surface area contributed by atoms with Crippen molar-refractivity contribution in [1.29, 1.82) is 10.5 Å². The second-order valence-corrected chi connectivity index (χ2v) is 3.23. The first-order valence-electron chi connectivity index (χ1n) is 4.61. The van der Waals surface area contributed by atoms with Crippen LogP contribution in [0, 0.1) is 28.9 Å². The minimum atomic E-state index is 0.358. The molecule has 1 aromatic heterocycles. The maximum Gasteiger partial charge on any atom is 0.101 e. The number of aryl methyl sites for hydroxylation is 1. The molecular formula is C12H7N4.